The van der Waals surface area contributed by atoms with Crippen molar-refractivity contribution < 1.29 is 18.7 Å². The number of aliphatic imine (C=N–C) groups is 1. The first kappa shape index (κ1) is 16.2. The van der Waals surface area contributed by atoms with E-state index in [0.29, 0.717) is 5.75 Å². The molecule has 1 aliphatic rings. The van der Waals surface area contributed by atoms with Crippen LogP contribution in [0.4, 0.5) is 4.39 Å². The normalized spacial score (nSPS) is 18.5. The Bertz CT molecular complexity index is 587. The van der Waals surface area contributed by atoms with Crippen molar-refractivity contribution in [2.24, 2.45) is 4.99 Å². The standard InChI is InChI=1S/C16H19FN2O3/c1-11(15-7-6-14(21-2)9-18-15)19-16(20)10-22-13-5-3-4-12(17)8-13/h3-5,7-9,11,14H,6,10H2,1-2H3,(H,19,20). The molecule has 0 saturated carbocycles. The number of halogens is 1. The number of carbonyl (C=O) groups excluding carboxylic acids is 1. The second-order valence-electron chi connectivity index (χ2n) is 4.95. The van der Waals surface area contributed by atoms with Crippen LogP contribution in [-0.4, -0.2) is 38.0 Å². The summed E-state index contributed by atoms with van der Waals surface area (Å²) in [7, 11) is 1.63. The SMILES string of the molecule is COC1C=NC(C(C)NC(=O)COc2cccc(F)c2)=CC1. The first-order chi connectivity index (χ1) is 10.6. The largest absolute Gasteiger partial charge is 0.484 e. The van der Waals surface area contributed by atoms with E-state index in [-0.39, 0.29) is 24.7 Å². The molecule has 0 fully saturated rings. The maximum atomic E-state index is 13.0. The molecule has 1 amide bonds. The lowest BCUT2D eigenvalue weighted by Crippen LogP contribution is -2.37. The molecule has 0 spiro atoms. The zero-order valence-corrected chi connectivity index (χ0v) is 12.6. The first-order valence-electron chi connectivity index (χ1n) is 7.03. The van der Waals surface area contributed by atoms with E-state index in [1.165, 1.54) is 18.2 Å². The van der Waals surface area contributed by atoms with Gasteiger partial charge in [0.15, 0.2) is 6.61 Å². The van der Waals surface area contributed by atoms with E-state index in [2.05, 4.69) is 10.3 Å². The summed E-state index contributed by atoms with van der Waals surface area (Å²) >= 11 is 0. The number of amides is 1. The lowest BCUT2D eigenvalue weighted by atomic mass is 10.1. The molecule has 5 nitrogen and oxygen atoms in total. The summed E-state index contributed by atoms with van der Waals surface area (Å²) in [5.74, 6) is -0.372. The van der Waals surface area contributed by atoms with Crippen LogP contribution < -0.4 is 10.1 Å². The summed E-state index contributed by atoms with van der Waals surface area (Å²) in [5.41, 5.74) is 0.785. The zero-order chi connectivity index (χ0) is 15.9. The minimum atomic E-state index is -0.402. The molecule has 0 aromatic heterocycles. The summed E-state index contributed by atoms with van der Waals surface area (Å²) in [6, 6.07) is 5.45. The van der Waals surface area contributed by atoms with Gasteiger partial charge < -0.3 is 14.8 Å². The highest BCUT2D eigenvalue weighted by Crippen LogP contribution is 2.14. The van der Waals surface area contributed by atoms with Gasteiger partial charge in [-0.3, -0.25) is 9.79 Å². The minimum Gasteiger partial charge on any atom is -0.484 e. The summed E-state index contributed by atoms with van der Waals surface area (Å²) in [6.07, 6.45) is 4.38. The fourth-order valence-corrected chi connectivity index (χ4v) is 2.03. The Balaban J connectivity index is 1.79. The molecule has 0 bridgehead atoms. The molecule has 1 aliphatic heterocycles. The predicted octanol–water partition coefficient (Wildman–Crippen LogP) is 2.08. The molecule has 22 heavy (non-hydrogen) atoms. The van der Waals surface area contributed by atoms with Gasteiger partial charge in [0, 0.05) is 19.4 Å². The topological polar surface area (TPSA) is 59.9 Å². The zero-order valence-electron chi connectivity index (χ0n) is 12.6. The van der Waals surface area contributed by atoms with Crippen molar-refractivity contribution in [2.45, 2.75) is 25.5 Å². The van der Waals surface area contributed by atoms with Gasteiger partial charge in [-0.2, -0.15) is 0 Å². The Labute approximate surface area is 128 Å². The van der Waals surface area contributed by atoms with Gasteiger partial charge in [0.1, 0.15) is 11.6 Å². The summed E-state index contributed by atoms with van der Waals surface area (Å²) < 4.78 is 23.4. The van der Waals surface area contributed by atoms with E-state index in [1.807, 2.05) is 13.0 Å². The van der Waals surface area contributed by atoms with Crippen molar-refractivity contribution in [3.63, 3.8) is 0 Å². The number of ether oxygens (including phenoxy) is 2. The number of benzene rings is 1. The Kier molecular flexibility index (Phi) is 5.66. The van der Waals surface area contributed by atoms with Crippen molar-refractivity contribution in [1.82, 2.24) is 5.32 Å². The molecular weight excluding hydrogens is 287 g/mol. The van der Waals surface area contributed by atoms with Gasteiger partial charge in [0.2, 0.25) is 0 Å². The van der Waals surface area contributed by atoms with Crippen molar-refractivity contribution in [3.05, 3.63) is 41.9 Å². The number of nitrogens with zero attached hydrogens (tertiary/aromatic N) is 1. The quantitative estimate of drug-likeness (QED) is 0.875. The molecular formula is C16H19FN2O3. The summed E-state index contributed by atoms with van der Waals surface area (Å²) in [6.45, 7) is 1.67. The fourth-order valence-electron chi connectivity index (χ4n) is 2.03. The van der Waals surface area contributed by atoms with Crippen LogP contribution in [0, 0.1) is 5.82 Å². The van der Waals surface area contributed by atoms with Crippen LogP contribution in [0.3, 0.4) is 0 Å². The maximum absolute atomic E-state index is 13.0. The molecule has 0 radical (unpaired) electrons. The molecule has 0 saturated heterocycles. The molecule has 1 heterocycles. The summed E-state index contributed by atoms with van der Waals surface area (Å²) in [5, 5.41) is 2.79. The van der Waals surface area contributed by atoms with E-state index in [0.717, 1.165) is 12.1 Å². The molecule has 1 N–H and O–H groups in total. The van der Waals surface area contributed by atoms with Crippen LogP contribution in [0.2, 0.25) is 0 Å². The molecule has 2 rings (SSSR count). The third-order valence-corrected chi connectivity index (χ3v) is 3.24. The Morgan fingerprint density at radius 1 is 1.55 bits per heavy atom. The predicted molar refractivity (Wildman–Crippen MR) is 81.5 cm³/mol. The van der Waals surface area contributed by atoms with Crippen molar-refractivity contribution in [1.29, 1.82) is 0 Å². The molecule has 1 aromatic carbocycles. The third-order valence-electron chi connectivity index (χ3n) is 3.24. The highest BCUT2D eigenvalue weighted by molar-refractivity contribution is 5.78. The average Bonchev–Trinajstić information content (AvgIpc) is 2.53. The molecule has 2 unspecified atom stereocenters. The van der Waals surface area contributed by atoms with Gasteiger partial charge in [-0.05, 0) is 25.5 Å². The van der Waals surface area contributed by atoms with Crippen molar-refractivity contribution >= 4 is 12.1 Å². The van der Waals surface area contributed by atoms with Gasteiger partial charge in [-0.15, -0.1) is 0 Å². The van der Waals surface area contributed by atoms with Crippen molar-refractivity contribution in [2.75, 3.05) is 13.7 Å². The van der Waals surface area contributed by atoms with E-state index in [9.17, 15) is 9.18 Å². The Morgan fingerprint density at radius 2 is 2.36 bits per heavy atom. The van der Waals surface area contributed by atoms with Crippen LogP contribution >= 0.6 is 0 Å². The van der Waals surface area contributed by atoms with Crippen LogP contribution in [0.5, 0.6) is 5.75 Å². The molecule has 118 valence electrons. The van der Waals surface area contributed by atoms with Gasteiger partial charge >= 0.3 is 0 Å². The van der Waals surface area contributed by atoms with Crippen LogP contribution in [-0.2, 0) is 9.53 Å². The lowest BCUT2D eigenvalue weighted by Gasteiger charge is -2.19. The van der Waals surface area contributed by atoms with Gasteiger partial charge in [-0.1, -0.05) is 12.1 Å². The number of rotatable bonds is 6. The van der Waals surface area contributed by atoms with Gasteiger partial charge in [0.05, 0.1) is 17.8 Å². The molecule has 1 aromatic rings. The van der Waals surface area contributed by atoms with Gasteiger partial charge in [0.25, 0.3) is 5.91 Å². The third kappa shape index (κ3) is 4.66. The van der Waals surface area contributed by atoms with Gasteiger partial charge in [-0.25, -0.2) is 4.39 Å². The van der Waals surface area contributed by atoms with E-state index in [4.69, 9.17) is 9.47 Å². The Morgan fingerprint density at radius 3 is 3.00 bits per heavy atom. The number of carbonyl (C=O) groups is 1. The number of nitrogens with one attached hydrogen (secondary N) is 1. The second kappa shape index (κ2) is 7.70. The molecule has 6 heteroatoms. The second-order valence-corrected chi connectivity index (χ2v) is 4.95. The van der Waals surface area contributed by atoms with Crippen molar-refractivity contribution in [3.8, 4) is 5.75 Å². The lowest BCUT2D eigenvalue weighted by molar-refractivity contribution is -0.123. The van der Waals surface area contributed by atoms with Crippen LogP contribution in [0.15, 0.2) is 41.0 Å². The summed E-state index contributed by atoms with van der Waals surface area (Å²) in [4.78, 5) is 16.1. The first-order valence-corrected chi connectivity index (χ1v) is 7.03. The highest BCUT2D eigenvalue weighted by Gasteiger charge is 2.16. The monoisotopic (exact) mass is 306 g/mol. The van der Waals surface area contributed by atoms with E-state index >= 15 is 0 Å². The van der Waals surface area contributed by atoms with E-state index in [1.54, 1.807) is 19.4 Å². The number of hydrogen-bond donors (Lipinski definition) is 1. The van der Waals surface area contributed by atoms with E-state index < -0.39 is 5.82 Å². The fraction of sp³-hybridized carbons (Fsp3) is 0.375. The number of hydrogen-bond acceptors (Lipinski definition) is 4. The minimum absolute atomic E-state index is 0.0111. The number of methoxy groups -OCH3 is 1. The van der Waals surface area contributed by atoms with Crippen LogP contribution in [0.1, 0.15) is 13.3 Å². The average molecular weight is 306 g/mol. The molecule has 0 aliphatic carbocycles. The smallest absolute Gasteiger partial charge is 0.258 e. The maximum Gasteiger partial charge on any atom is 0.258 e. The van der Waals surface area contributed by atoms with Crippen LogP contribution in [0.25, 0.3) is 0 Å². The Hall–Kier alpha value is -2.21. The molecule has 2 atom stereocenters. The highest BCUT2D eigenvalue weighted by atomic mass is 19.1.